The van der Waals surface area contributed by atoms with E-state index in [0.717, 1.165) is 11.6 Å². The number of carbonyl (C=O) groups excluding carboxylic acids is 2. The van der Waals surface area contributed by atoms with Crippen LogP contribution < -0.4 is 11.1 Å². The summed E-state index contributed by atoms with van der Waals surface area (Å²) in [6.07, 6.45) is 4.38. The van der Waals surface area contributed by atoms with Crippen molar-refractivity contribution >= 4 is 11.9 Å². The summed E-state index contributed by atoms with van der Waals surface area (Å²) in [6, 6.07) is 2.92. The normalized spacial score (nSPS) is 15.8. The van der Waals surface area contributed by atoms with Gasteiger partial charge < -0.3 is 5.73 Å². The molecular weight excluding hydrogens is 208 g/mol. The van der Waals surface area contributed by atoms with Crippen molar-refractivity contribution in [2.45, 2.75) is 6.54 Å². The van der Waals surface area contributed by atoms with E-state index in [1.807, 2.05) is 6.07 Å². The van der Waals surface area contributed by atoms with Gasteiger partial charge in [0.1, 0.15) is 5.82 Å². The molecule has 1 aliphatic heterocycles. The fraction of sp³-hybridized carbons (Fsp3) is 0.100. The third kappa shape index (κ3) is 2.00. The molecule has 1 aromatic heterocycles. The summed E-state index contributed by atoms with van der Waals surface area (Å²) in [5.74, 6) is -0.515. The molecule has 2 heterocycles. The van der Waals surface area contributed by atoms with Crippen molar-refractivity contribution in [3.63, 3.8) is 0 Å². The van der Waals surface area contributed by atoms with E-state index in [9.17, 15) is 9.59 Å². The van der Waals surface area contributed by atoms with E-state index in [1.54, 1.807) is 18.5 Å². The van der Waals surface area contributed by atoms with E-state index in [1.165, 1.54) is 4.90 Å². The molecule has 0 unspecified atom stereocenters. The Morgan fingerprint density at radius 3 is 2.81 bits per heavy atom. The van der Waals surface area contributed by atoms with Crippen LogP contribution in [0.5, 0.6) is 0 Å². The fourth-order valence-electron chi connectivity index (χ4n) is 1.33. The lowest BCUT2D eigenvalue weighted by molar-refractivity contribution is -0.116. The standard InChI is InChI=1S/C10H9N4O2/c11-8-4-9(15)13-10(16)14(8)6-7-2-1-3-12-5-7/h1-5H,6,11H2. The van der Waals surface area contributed by atoms with Crippen molar-refractivity contribution < 1.29 is 9.59 Å². The third-order valence-corrected chi connectivity index (χ3v) is 2.08. The summed E-state index contributed by atoms with van der Waals surface area (Å²) >= 11 is 0. The number of nitrogens with two attached hydrogens (primary N) is 1. The second-order valence-corrected chi connectivity index (χ2v) is 3.25. The van der Waals surface area contributed by atoms with Crippen molar-refractivity contribution in [2.24, 2.45) is 5.73 Å². The smallest absolute Gasteiger partial charge is 0.352 e. The van der Waals surface area contributed by atoms with Gasteiger partial charge in [0.15, 0.2) is 0 Å². The van der Waals surface area contributed by atoms with Gasteiger partial charge >= 0.3 is 6.03 Å². The predicted octanol–water partition coefficient (Wildman–Crippen LogP) is -0.0517. The topological polar surface area (TPSA) is 90.4 Å². The number of pyridine rings is 1. The molecule has 1 aromatic rings. The van der Waals surface area contributed by atoms with Gasteiger partial charge in [0.2, 0.25) is 0 Å². The zero-order valence-electron chi connectivity index (χ0n) is 8.33. The predicted molar refractivity (Wildman–Crippen MR) is 54.6 cm³/mol. The molecule has 16 heavy (non-hydrogen) atoms. The molecule has 0 spiro atoms. The number of hydrogen-bond acceptors (Lipinski definition) is 4. The highest BCUT2D eigenvalue weighted by molar-refractivity contribution is 6.03. The maximum Gasteiger partial charge on any atom is 0.352 e. The second-order valence-electron chi connectivity index (χ2n) is 3.25. The van der Waals surface area contributed by atoms with Gasteiger partial charge in [0.25, 0.3) is 5.91 Å². The van der Waals surface area contributed by atoms with Gasteiger partial charge in [-0.3, -0.25) is 14.7 Å². The second kappa shape index (κ2) is 4.01. The third-order valence-electron chi connectivity index (χ3n) is 2.08. The van der Waals surface area contributed by atoms with Crippen LogP contribution in [0.1, 0.15) is 5.56 Å². The Kier molecular flexibility index (Phi) is 2.55. The molecule has 0 fully saturated rings. The van der Waals surface area contributed by atoms with Crippen LogP contribution >= 0.6 is 0 Å². The summed E-state index contributed by atoms with van der Waals surface area (Å²) in [7, 11) is 0. The Bertz CT molecular complexity index is 455. The first-order chi connectivity index (χ1) is 7.66. The molecule has 0 bridgehead atoms. The first kappa shape index (κ1) is 10.2. The molecule has 6 nitrogen and oxygen atoms in total. The molecule has 81 valence electrons. The van der Waals surface area contributed by atoms with Crippen LogP contribution in [0.3, 0.4) is 0 Å². The summed E-state index contributed by atoms with van der Waals surface area (Å²) in [5, 5.41) is 3.28. The minimum atomic E-state index is -0.645. The summed E-state index contributed by atoms with van der Waals surface area (Å²) in [5.41, 5.74) is 6.39. The van der Waals surface area contributed by atoms with Gasteiger partial charge in [0, 0.05) is 18.5 Å². The zero-order valence-corrected chi connectivity index (χ0v) is 8.33. The van der Waals surface area contributed by atoms with Crippen LogP contribution in [0.15, 0.2) is 36.4 Å². The Hall–Kier alpha value is -2.37. The monoisotopic (exact) mass is 217 g/mol. The van der Waals surface area contributed by atoms with Crippen molar-refractivity contribution in [1.29, 1.82) is 0 Å². The van der Waals surface area contributed by atoms with Crippen molar-refractivity contribution in [2.75, 3.05) is 0 Å². The van der Waals surface area contributed by atoms with E-state index in [2.05, 4.69) is 10.3 Å². The largest absolute Gasteiger partial charge is 0.385 e. The highest BCUT2D eigenvalue weighted by Gasteiger charge is 2.25. The minimum Gasteiger partial charge on any atom is -0.385 e. The number of hydrogen-bond donors (Lipinski definition) is 1. The van der Waals surface area contributed by atoms with Crippen LogP contribution in [-0.2, 0) is 11.3 Å². The number of carbonyl (C=O) groups is 2. The highest BCUT2D eigenvalue weighted by Crippen LogP contribution is 2.10. The van der Waals surface area contributed by atoms with E-state index >= 15 is 0 Å². The van der Waals surface area contributed by atoms with Crippen LogP contribution in [0, 0.1) is 0 Å². The molecule has 0 aliphatic carbocycles. The van der Waals surface area contributed by atoms with E-state index in [-0.39, 0.29) is 12.4 Å². The number of imide groups is 1. The molecule has 0 atom stereocenters. The molecule has 2 N–H and O–H groups in total. The van der Waals surface area contributed by atoms with Crippen molar-refractivity contribution in [1.82, 2.24) is 15.2 Å². The average molecular weight is 217 g/mol. The Morgan fingerprint density at radius 2 is 2.19 bits per heavy atom. The number of urea groups is 1. The zero-order chi connectivity index (χ0) is 11.5. The lowest BCUT2D eigenvalue weighted by Gasteiger charge is -2.24. The van der Waals surface area contributed by atoms with E-state index in [4.69, 9.17) is 5.73 Å². The maximum atomic E-state index is 11.4. The van der Waals surface area contributed by atoms with Gasteiger partial charge in [-0.25, -0.2) is 4.79 Å². The summed E-state index contributed by atoms with van der Waals surface area (Å²) in [6.45, 7) is 0.256. The molecule has 6 heteroatoms. The van der Waals surface area contributed by atoms with Gasteiger partial charge in [-0.05, 0) is 11.6 Å². The van der Waals surface area contributed by atoms with Crippen LogP contribution in [0.4, 0.5) is 4.79 Å². The Labute approximate surface area is 91.8 Å². The number of amides is 3. The Morgan fingerprint density at radius 1 is 1.38 bits per heavy atom. The first-order valence-electron chi connectivity index (χ1n) is 4.60. The molecule has 0 saturated carbocycles. The van der Waals surface area contributed by atoms with E-state index in [0.29, 0.717) is 0 Å². The molecule has 1 radical (unpaired) electrons. The maximum absolute atomic E-state index is 11.4. The van der Waals surface area contributed by atoms with Gasteiger partial charge in [0.05, 0.1) is 6.54 Å². The van der Waals surface area contributed by atoms with E-state index < -0.39 is 11.9 Å². The van der Waals surface area contributed by atoms with Gasteiger partial charge in [-0.1, -0.05) is 6.07 Å². The van der Waals surface area contributed by atoms with Gasteiger partial charge in [-0.15, -0.1) is 0 Å². The van der Waals surface area contributed by atoms with Crippen molar-refractivity contribution in [3.05, 3.63) is 42.0 Å². The molecule has 0 aromatic carbocycles. The quantitative estimate of drug-likeness (QED) is 0.751. The lowest BCUT2D eigenvalue weighted by atomic mass is 10.2. The molecule has 2 rings (SSSR count). The number of aromatic nitrogens is 1. The molecular formula is C10H9N4O2. The molecule has 3 amide bonds. The lowest BCUT2D eigenvalue weighted by Crippen LogP contribution is -2.43. The summed E-state index contributed by atoms with van der Waals surface area (Å²) in [4.78, 5) is 27.5. The fourth-order valence-corrected chi connectivity index (χ4v) is 1.33. The van der Waals surface area contributed by atoms with Gasteiger partial charge in [-0.2, -0.15) is 5.32 Å². The number of nitrogens with zero attached hydrogens (tertiary/aromatic N) is 3. The average Bonchev–Trinajstić information content (AvgIpc) is 2.25. The Balaban J connectivity index is 2.19. The summed E-state index contributed by atoms with van der Waals surface area (Å²) < 4.78 is 0. The van der Waals surface area contributed by atoms with Crippen LogP contribution in [0.25, 0.3) is 0 Å². The SMILES string of the molecule is NC1=CC(=O)[N]C(=O)N1Cc1cccnc1. The first-order valence-corrected chi connectivity index (χ1v) is 4.60. The van der Waals surface area contributed by atoms with Crippen molar-refractivity contribution in [3.8, 4) is 0 Å². The molecule has 1 aliphatic rings. The number of rotatable bonds is 2. The molecule has 0 saturated heterocycles. The van der Waals surface area contributed by atoms with Crippen LogP contribution in [-0.4, -0.2) is 21.8 Å². The van der Waals surface area contributed by atoms with Crippen LogP contribution in [0.2, 0.25) is 0 Å². The highest BCUT2D eigenvalue weighted by atomic mass is 16.2. The minimum absolute atomic E-state index is 0.105.